The summed E-state index contributed by atoms with van der Waals surface area (Å²) in [4.78, 5) is 6.77. The van der Waals surface area contributed by atoms with E-state index >= 15 is 0 Å². The summed E-state index contributed by atoms with van der Waals surface area (Å²) in [6.07, 6.45) is 0.566. The number of aryl methyl sites for hydroxylation is 1. The zero-order chi connectivity index (χ0) is 16.3. The van der Waals surface area contributed by atoms with E-state index in [9.17, 15) is 9.50 Å². The first-order valence-corrected chi connectivity index (χ1v) is 8.59. The van der Waals surface area contributed by atoms with Gasteiger partial charge in [0.2, 0.25) is 0 Å². The van der Waals surface area contributed by atoms with E-state index in [1.165, 1.54) is 12.1 Å². The Bertz CT molecular complexity index is 646. The van der Waals surface area contributed by atoms with Crippen LogP contribution in [0.15, 0.2) is 29.6 Å². The molecule has 3 rings (SSSR count). The number of aliphatic hydroxyl groups is 1. The lowest BCUT2D eigenvalue weighted by molar-refractivity contribution is -0.134. The highest BCUT2D eigenvalue weighted by molar-refractivity contribution is 7.09. The molecule has 1 aromatic carbocycles. The predicted octanol–water partition coefficient (Wildman–Crippen LogP) is 2.40. The summed E-state index contributed by atoms with van der Waals surface area (Å²) >= 11 is 1.65. The second-order valence-electron chi connectivity index (χ2n) is 6.06. The smallest absolute Gasteiger partial charge is 0.123 e. The normalized spacial score (nSPS) is 22.4. The molecule has 6 heteroatoms. The van der Waals surface area contributed by atoms with Crippen LogP contribution in [-0.2, 0) is 17.7 Å². The van der Waals surface area contributed by atoms with Crippen molar-refractivity contribution in [2.24, 2.45) is 0 Å². The lowest BCUT2D eigenvalue weighted by atomic mass is 9.93. The molecule has 1 atom stereocenters. The summed E-state index contributed by atoms with van der Waals surface area (Å²) < 4.78 is 19.0. The van der Waals surface area contributed by atoms with Crippen molar-refractivity contribution in [1.82, 2.24) is 9.88 Å². The fraction of sp³-hybridized carbons (Fsp3) is 0.471. The summed E-state index contributed by atoms with van der Waals surface area (Å²) in [7, 11) is 0. The Morgan fingerprint density at radius 3 is 2.83 bits per heavy atom. The minimum Gasteiger partial charge on any atom is -0.393 e. The summed E-state index contributed by atoms with van der Waals surface area (Å²) in [5.74, 6) is -0.253. The Morgan fingerprint density at radius 2 is 2.17 bits per heavy atom. The Morgan fingerprint density at radius 1 is 1.39 bits per heavy atom. The van der Waals surface area contributed by atoms with E-state index in [0.29, 0.717) is 19.6 Å². The van der Waals surface area contributed by atoms with Crippen LogP contribution < -0.4 is 0 Å². The van der Waals surface area contributed by atoms with Crippen LogP contribution in [0.1, 0.15) is 16.3 Å². The lowest BCUT2D eigenvalue weighted by Gasteiger charge is -2.41. The molecule has 2 heterocycles. The summed E-state index contributed by atoms with van der Waals surface area (Å²) in [6.45, 7) is 4.74. The van der Waals surface area contributed by atoms with E-state index in [0.717, 1.165) is 29.4 Å². The van der Waals surface area contributed by atoms with Gasteiger partial charge < -0.3 is 9.84 Å². The Balaban J connectivity index is 1.69. The van der Waals surface area contributed by atoms with E-state index in [1.807, 2.05) is 6.92 Å². The van der Waals surface area contributed by atoms with Crippen LogP contribution in [0.25, 0.3) is 0 Å². The van der Waals surface area contributed by atoms with Gasteiger partial charge >= 0.3 is 0 Å². The van der Waals surface area contributed by atoms with E-state index in [-0.39, 0.29) is 12.4 Å². The molecular weight excluding hydrogens is 315 g/mol. The molecule has 0 radical (unpaired) electrons. The zero-order valence-corrected chi connectivity index (χ0v) is 14.0. The molecule has 4 nitrogen and oxygen atoms in total. The number of hydrogen-bond acceptors (Lipinski definition) is 5. The largest absolute Gasteiger partial charge is 0.393 e. The van der Waals surface area contributed by atoms with Crippen molar-refractivity contribution in [3.8, 4) is 0 Å². The monoisotopic (exact) mass is 336 g/mol. The number of nitrogens with zero attached hydrogens (tertiary/aromatic N) is 2. The Hall–Kier alpha value is -1.34. The second kappa shape index (κ2) is 7.05. The highest BCUT2D eigenvalue weighted by atomic mass is 32.1. The number of thiazole rings is 1. The fourth-order valence-corrected chi connectivity index (χ4v) is 3.60. The lowest BCUT2D eigenvalue weighted by Crippen LogP contribution is -2.55. The maximum Gasteiger partial charge on any atom is 0.123 e. The third-order valence-corrected chi connectivity index (χ3v) is 4.93. The Kier molecular flexibility index (Phi) is 5.06. The molecule has 1 saturated heterocycles. The van der Waals surface area contributed by atoms with Gasteiger partial charge in [0, 0.05) is 31.4 Å². The van der Waals surface area contributed by atoms with Crippen LogP contribution in [0.5, 0.6) is 0 Å². The van der Waals surface area contributed by atoms with Gasteiger partial charge in [-0.05, 0) is 24.6 Å². The van der Waals surface area contributed by atoms with Crippen LogP contribution >= 0.6 is 11.3 Å². The molecule has 1 N–H and O–H groups in total. The molecule has 0 spiro atoms. The molecule has 1 aliphatic heterocycles. The van der Waals surface area contributed by atoms with Crippen LogP contribution in [0.2, 0.25) is 0 Å². The third kappa shape index (κ3) is 4.14. The van der Waals surface area contributed by atoms with Gasteiger partial charge in [0.1, 0.15) is 11.4 Å². The molecule has 23 heavy (non-hydrogen) atoms. The number of benzene rings is 1. The predicted molar refractivity (Wildman–Crippen MR) is 88.0 cm³/mol. The first-order valence-electron chi connectivity index (χ1n) is 7.71. The van der Waals surface area contributed by atoms with E-state index in [4.69, 9.17) is 4.74 Å². The van der Waals surface area contributed by atoms with E-state index in [2.05, 4.69) is 15.3 Å². The maximum atomic E-state index is 13.1. The minimum atomic E-state index is -0.638. The number of aromatic nitrogens is 1. The quantitative estimate of drug-likeness (QED) is 0.911. The third-order valence-electron chi connectivity index (χ3n) is 4.11. The molecule has 0 amide bonds. The number of aliphatic hydroxyl groups excluding tert-OH is 1. The SMILES string of the molecule is Cc1nc(CN2CCOC(CO)(Cc3ccc(F)cc3)C2)cs1. The molecule has 0 saturated carbocycles. The van der Waals surface area contributed by atoms with Crippen molar-refractivity contribution in [3.63, 3.8) is 0 Å². The number of rotatable bonds is 5. The van der Waals surface area contributed by atoms with Gasteiger partial charge in [0.05, 0.1) is 23.9 Å². The first kappa shape index (κ1) is 16.5. The highest BCUT2D eigenvalue weighted by Gasteiger charge is 2.36. The van der Waals surface area contributed by atoms with Gasteiger partial charge in [0.25, 0.3) is 0 Å². The van der Waals surface area contributed by atoms with Crippen molar-refractivity contribution in [2.45, 2.75) is 25.5 Å². The standard InChI is InChI=1S/C17H21FN2O2S/c1-13-19-16(10-23-13)9-20-6-7-22-17(11-20,12-21)8-14-2-4-15(18)5-3-14/h2-5,10,21H,6-9,11-12H2,1H3. The number of ether oxygens (including phenoxy) is 1. The van der Waals surface area contributed by atoms with Crippen molar-refractivity contribution in [3.05, 3.63) is 51.7 Å². The minimum absolute atomic E-state index is 0.0586. The molecule has 0 aliphatic carbocycles. The van der Waals surface area contributed by atoms with Crippen LogP contribution in [-0.4, -0.2) is 46.9 Å². The number of hydrogen-bond donors (Lipinski definition) is 1. The van der Waals surface area contributed by atoms with Crippen molar-refractivity contribution >= 4 is 11.3 Å². The average molecular weight is 336 g/mol. The first-order chi connectivity index (χ1) is 11.1. The Labute approximate surface area is 139 Å². The average Bonchev–Trinajstić information content (AvgIpc) is 2.95. The fourth-order valence-electron chi connectivity index (χ4n) is 3.00. The van der Waals surface area contributed by atoms with E-state index < -0.39 is 5.60 Å². The molecule has 1 aromatic heterocycles. The van der Waals surface area contributed by atoms with Crippen molar-refractivity contribution in [1.29, 1.82) is 0 Å². The molecule has 1 fully saturated rings. The summed E-state index contributed by atoms with van der Waals surface area (Å²) in [5, 5.41) is 13.0. The zero-order valence-electron chi connectivity index (χ0n) is 13.2. The molecule has 124 valence electrons. The van der Waals surface area contributed by atoms with Crippen LogP contribution in [0.4, 0.5) is 4.39 Å². The second-order valence-corrected chi connectivity index (χ2v) is 7.12. The van der Waals surface area contributed by atoms with Crippen LogP contribution in [0, 0.1) is 12.7 Å². The van der Waals surface area contributed by atoms with Crippen LogP contribution in [0.3, 0.4) is 0 Å². The van der Waals surface area contributed by atoms with Gasteiger partial charge in [-0.1, -0.05) is 12.1 Å². The summed E-state index contributed by atoms with van der Waals surface area (Å²) in [6, 6.07) is 6.38. The maximum absolute atomic E-state index is 13.1. The number of morpholine rings is 1. The van der Waals surface area contributed by atoms with Gasteiger partial charge in [-0.2, -0.15) is 0 Å². The molecule has 1 aliphatic rings. The molecule has 1 unspecified atom stereocenters. The highest BCUT2D eigenvalue weighted by Crippen LogP contribution is 2.24. The molecule has 0 bridgehead atoms. The number of halogens is 1. The van der Waals surface area contributed by atoms with Gasteiger partial charge in [-0.25, -0.2) is 9.37 Å². The summed E-state index contributed by atoms with van der Waals surface area (Å²) in [5.41, 5.74) is 1.39. The van der Waals surface area contributed by atoms with Gasteiger partial charge in [-0.3, -0.25) is 4.90 Å². The van der Waals surface area contributed by atoms with Gasteiger partial charge in [-0.15, -0.1) is 11.3 Å². The molecule has 2 aromatic rings. The topological polar surface area (TPSA) is 45.6 Å². The van der Waals surface area contributed by atoms with Crippen molar-refractivity contribution in [2.75, 3.05) is 26.3 Å². The molecular formula is C17H21FN2O2S. The van der Waals surface area contributed by atoms with Crippen molar-refractivity contribution < 1.29 is 14.2 Å². The van der Waals surface area contributed by atoms with Gasteiger partial charge in [0.15, 0.2) is 0 Å². The van der Waals surface area contributed by atoms with E-state index in [1.54, 1.807) is 23.5 Å².